The minimum Gasteiger partial charge on any atom is -0.388 e. The second-order valence-corrected chi connectivity index (χ2v) is 7.04. The molecule has 2 saturated carbocycles. The molecule has 0 spiro atoms. The quantitative estimate of drug-likeness (QED) is 0.779. The van der Waals surface area contributed by atoms with E-state index in [0.717, 1.165) is 30.8 Å². The molecule has 0 radical (unpaired) electrons. The molecule has 0 saturated heterocycles. The van der Waals surface area contributed by atoms with Gasteiger partial charge in [0.25, 0.3) is 0 Å². The molecule has 0 aromatic carbocycles. The van der Waals surface area contributed by atoms with Crippen LogP contribution in [0.3, 0.4) is 0 Å². The number of aliphatic hydroxyl groups is 1. The highest BCUT2D eigenvalue weighted by molar-refractivity contribution is 7.99. The van der Waals surface area contributed by atoms with E-state index in [2.05, 4.69) is 15.5 Å². The Hall–Kier alpha value is -1.08. The predicted octanol–water partition coefficient (Wildman–Crippen LogP) is 1.52. The summed E-state index contributed by atoms with van der Waals surface area (Å²) in [5.74, 6) is 0.269. The van der Waals surface area contributed by atoms with Gasteiger partial charge in [-0.25, -0.2) is 0 Å². The molecule has 0 atom stereocenters. The second kappa shape index (κ2) is 6.36. The van der Waals surface area contributed by atoms with Gasteiger partial charge in [-0.15, -0.1) is 10.2 Å². The maximum absolute atomic E-state index is 11.9. The van der Waals surface area contributed by atoms with Crippen molar-refractivity contribution in [2.45, 2.75) is 61.7 Å². The first-order valence-corrected chi connectivity index (χ1v) is 8.66. The van der Waals surface area contributed by atoms with Crippen molar-refractivity contribution >= 4 is 17.7 Å². The summed E-state index contributed by atoms with van der Waals surface area (Å²) in [6.07, 6.45) is 8.94. The number of aromatic nitrogens is 3. The Kier molecular flexibility index (Phi) is 4.49. The summed E-state index contributed by atoms with van der Waals surface area (Å²) >= 11 is 1.41. The van der Waals surface area contributed by atoms with E-state index in [1.807, 2.05) is 4.57 Å². The third kappa shape index (κ3) is 3.97. The van der Waals surface area contributed by atoms with Gasteiger partial charge in [0, 0.05) is 12.6 Å². The van der Waals surface area contributed by atoms with E-state index in [1.165, 1.54) is 31.0 Å². The summed E-state index contributed by atoms with van der Waals surface area (Å²) in [5, 5.41) is 22.0. The molecule has 2 fully saturated rings. The lowest BCUT2D eigenvalue weighted by Gasteiger charge is -2.32. The van der Waals surface area contributed by atoms with Crippen molar-refractivity contribution in [3.8, 4) is 0 Å². The molecule has 6 nitrogen and oxygen atoms in total. The number of nitrogens with one attached hydrogen (secondary N) is 1. The van der Waals surface area contributed by atoms with Gasteiger partial charge in [0.2, 0.25) is 5.91 Å². The standard InChI is InChI=1S/C14H22N4O2S/c19-12(15-9-14(20)6-2-1-3-7-14)8-21-13-17-16-10-18(13)11-4-5-11/h10-11,20H,1-9H2,(H,15,19). The number of carbonyl (C=O) groups excluding carboxylic acids is 1. The molecule has 1 aromatic heterocycles. The zero-order valence-electron chi connectivity index (χ0n) is 12.1. The third-order valence-corrected chi connectivity index (χ3v) is 5.17. The Labute approximate surface area is 128 Å². The summed E-state index contributed by atoms with van der Waals surface area (Å²) in [7, 11) is 0. The van der Waals surface area contributed by atoms with Crippen molar-refractivity contribution in [1.82, 2.24) is 20.1 Å². The molecule has 1 amide bonds. The normalized spacial score (nSPS) is 21.2. The fourth-order valence-electron chi connectivity index (χ4n) is 2.77. The number of thioether (sulfide) groups is 1. The minimum atomic E-state index is -0.702. The molecule has 0 unspecified atom stereocenters. The molecule has 2 aliphatic rings. The highest BCUT2D eigenvalue weighted by atomic mass is 32.2. The van der Waals surface area contributed by atoms with Gasteiger partial charge in [0.15, 0.2) is 5.16 Å². The third-order valence-electron chi connectivity index (χ3n) is 4.21. The lowest BCUT2D eigenvalue weighted by Crippen LogP contribution is -2.44. The number of carbonyl (C=O) groups is 1. The summed E-state index contributed by atoms with van der Waals surface area (Å²) < 4.78 is 2.05. The maximum Gasteiger partial charge on any atom is 0.230 e. The van der Waals surface area contributed by atoms with Crippen LogP contribution in [0.4, 0.5) is 0 Å². The van der Waals surface area contributed by atoms with Crippen LogP contribution in [0.25, 0.3) is 0 Å². The van der Waals surface area contributed by atoms with Crippen LogP contribution in [0.1, 0.15) is 51.0 Å². The van der Waals surface area contributed by atoms with Gasteiger partial charge < -0.3 is 15.0 Å². The average molecular weight is 310 g/mol. The maximum atomic E-state index is 11.9. The Balaban J connectivity index is 1.42. The number of nitrogens with zero attached hydrogens (tertiary/aromatic N) is 3. The number of rotatable bonds is 6. The SMILES string of the molecule is O=C(CSc1nncn1C1CC1)NCC1(O)CCCCC1. The number of amides is 1. The summed E-state index contributed by atoms with van der Waals surface area (Å²) in [4.78, 5) is 11.9. The molecular weight excluding hydrogens is 288 g/mol. The van der Waals surface area contributed by atoms with Gasteiger partial charge in [-0.1, -0.05) is 31.0 Å². The molecule has 116 valence electrons. The number of hydrogen-bond donors (Lipinski definition) is 2. The van der Waals surface area contributed by atoms with Crippen LogP contribution in [0.15, 0.2) is 11.5 Å². The fourth-order valence-corrected chi connectivity index (χ4v) is 3.58. The van der Waals surface area contributed by atoms with Gasteiger partial charge in [-0.2, -0.15) is 0 Å². The van der Waals surface area contributed by atoms with Gasteiger partial charge >= 0.3 is 0 Å². The topological polar surface area (TPSA) is 80.0 Å². The first-order chi connectivity index (χ1) is 10.2. The monoisotopic (exact) mass is 310 g/mol. The van der Waals surface area contributed by atoms with Gasteiger partial charge in [0.1, 0.15) is 6.33 Å². The van der Waals surface area contributed by atoms with Crippen LogP contribution in [0.2, 0.25) is 0 Å². The Morgan fingerprint density at radius 3 is 2.90 bits per heavy atom. The molecule has 3 rings (SSSR count). The van der Waals surface area contributed by atoms with Crippen LogP contribution in [-0.4, -0.2) is 43.7 Å². The lowest BCUT2D eigenvalue weighted by atomic mass is 9.85. The predicted molar refractivity (Wildman–Crippen MR) is 80.1 cm³/mol. The fraction of sp³-hybridized carbons (Fsp3) is 0.786. The van der Waals surface area contributed by atoms with Crippen LogP contribution < -0.4 is 5.32 Å². The van der Waals surface area contributed by atoms with Crippen molar-refractivity contribution in [2.24, 2.45) is 0 Å². The van der Waals surface area contributed by atoms with Crippen molar-refractivity contribution in [2.75, 3.05) is 12.3 Å². The summed E-state index contributed by atoms with van der Waals surface area (Å²) in [6.45, 7) is 0.363. The highest BCUT2D eigenvalue weighted by Gasteiger charge is 2.30. The van der Waals surface area contributed by atoms with E-state index >= 15 is 0 Å². The van der Waals surface area contributed by atoms with Crippen LogP contribution in [-0.2, 0) is 4.79 Å². The largest absolute Gasteiger partial charge is 0.388 e. The van der Waals surface area contributed by atoms with Crippen molar-refractivity contribution in [3.63, 3.8) is 0 Å². The van der Waals surface area contributed by atoms with Gasteiger partial charge in [-0.3, -0.25) is 4.79 Å². The Morgan fingerprint density at radius 2 is 2.19 bits per heavy atom. The van der Waals surface area contributed by atoms with Crippen LogP contribution in [0, 0.1) is 0 Å². The van der Waals surface area contributed by atoms with Crippen molar-refractivity contribution in [3.05, 3.63) is 6.33 Å². The smallest absolute Gasteiger partial charge is 0.230 e. The summed E-state index contributed by atoms with van der Waals surface area (Å²) in [6, 6.07) is 0.522. The zero-order valence-corrected chi connectivity index (χ0v) is 12.9. The van der Waals surface area contributed by atoms with E-state index in [0.29, 0.717) is 18.3 Å². The molecule has 2 aliphatic carbocycles. The van der Waals surface area contributed by atoms with E-state index in [-0.39, 0.29) is 5.91 Å². The van der Waals surface area contributed by atoms with Crippen LogP contribution in [0.5, 0.6) is 0 Å². The second-order valence-electron chi connectivity index (χ2n) is 6.10. The van der Waals surface area contributed by atoms with E-state index < -0.39 is 5.60 Å². The van der Waals surface area contributed by atoms with E-state index in [1.54, 1.807) is 6.33 Å². The first kappa shape index (κ1) is 14.8. The van der Waals surface area contributed by atoms with E-state index in [9.17, 15) is 9.90 Å². The molecular formula is C14H22N4O2S. The number of hydrogen-bond acceptors (Lipinski definition) is 5. The molecule has 21 heavy (non-hydrogen) atoms. The highest BCUT2D eigenvalue weighted by Crippen LogP contribution is 2.37. The van der Waals surface area contributed by atoms with Gasteiger partial charge in [-0.05, 0) is 25.7 Å². The Bertz CT molecular complexity index is 495. The molecule has 0 bridgehead atoms. The molecule has 1 aromatic rings. The minimum absolute atomic E-state index is 0.0515. The Morgan fingerprint density at radius 1 is 1.43 bits per heavy atom. The zero-order chi connectivity index (χ0) is 14.7. The van der Waals surface area contributed by atoms with Crippen LogP contribution >= 0.6 is 11.8 Å². The van der Waals surface area contributed by atoms with E-state index in [4.69, 9.17) is 0 Å². The molecule has 2 N–H and O–H groups in total. The van der Waals surface area contributed by atoms with Crippen molar-refractivity contribution in [1.29, 1.82) is 0 Å². The van der Waals surface area contributed by atoms with Crippen molar-refractivity contribution < 1.29 is 9.90 Å². The first-order valence-electron chi connectivity index (χ1n) is 7.68. The van der Waals surface area contributed by atoms with Gasteiger partial charge in [0.05, 0.1) is 11.4 Å². The average Bonchev–Trinajstić information content (AvgIpc) is 3.22. The lowest BCUT2D eigenvalue weighted by molar-refractivity contribution is -0.120. The molecule has 0 aliphatic heterocycles. The molecule has 1 heterocycles. The summed E-state index contributed by atoms with van der Waals surface area (Å²) in [5.41, 5.74) is -0.702. The molecule has 7 heteroatoms.